The highest BCUT2D eigenvalue weighted by Gasteiger charge is 2.28. The molecular weight excluding hydrogens is 365 g/mol. The van der Waals surface area contributed by atoms with Crippen LogP contribution in [-0.4, -0.2) is 47.0 Å². The second kappa shape index (κ2) is 8.08. The van der Waals surface area contributed by atoms with Crippen molar-refractivity contribution >= 4 is 23.6 Å². The number of carbonyl (C=O) groups excluding carboxylic acids is 2. The number of anilines is 1. The minimum Gasteiger partial charge on any atom is -0.478 e. The van der Waals surface area contributed by atoms with E-state index in [0.717, 1.165) is 0 Å². The number of benzene rings is 2. The van der Waals surface area contributed by atoms with E-state index < -0.39 is 17.8 Å². The predicted molar refractivity (Wildman–Crippen MR) is 101 cm³/mol. The summed E-state index contributed by atoms with van der Waals surface area (Å²) in [6, 6.07) is 9.26. The lowest BCUT2D eigenvalue weighted by atomic mass is 10.1. The summed E-state index contributed by atoms with van der Waals surface area (Å²) in [5.41, 5.74) is 1.53. The Kier molecular flexibility index (Phi) is 5.58. The number of aryl methyl sites for hydroxylation is 1. The first-order chi connectivity index (χ1) is 13.3. The number of hydrogen-bond donors (Lipinski definition) is 3. The van der Waals surface area contributed by atoms with Crippen molar-refractivity contribution in [3.05, 3.63) is 65.0 Å². The molecule has 28 heavy (non-hydrogen) atoms. The first-order valence-corrected chi connectivity index (χ1v) is 8.79. The van der Waals surface area contributed by atoms with Gasteiger partial charge < -0.3 is 20.6 Å². The van der Waals surface area contributed by atoms with E-state index in [0.29, 0.717) is 36.3 Å². The second-order valence-corrected chi connectivity index (χ2v) is 6.73. The maximum atomic E-state index is 12.9. The van der Waals surface area contributed by atoms with Crippen LogP contribution in [0.4, 0.5) is 14.9 Å². The zero-order chi connectivity index (χ0) is 20.3. The second-order valence-electron chi connectivity index (χ2n) is 6.73. The Morgan fingerprint density at radius 1 is 1.11 bits per heavy atom. The molecule has 0 radical (unpaired) electrons. The van der Waals surface area contributed by atoms with E-state index in [1.807, 2.05) is 0 Å². The van der Waals surface area contributed by atoms with Crippen LogP contribution in [0.15, 0.2) is 42.5 Å². The summed E-state index contributed by atoms with van der Waals surface area (Å²) in [6.07, 6.45) is 0.584. The number of carboxylic acid groups (broad SMARTS) is 1. The van der Waals surface area contributed by atoms with Crippen molar-refractivity contribution < 1.29 is 23.9 Å². The zero-order valence-corrected chi connectivity index (χ0v) is 15.2. The molecular formula is C20H20FN3O4. The van der Waals surface area contributed by atoms with Gasteiger partial charge in [0.15, 0.2) is 0 Å². The number of urea groups is 1. The Balaban J connectivity index is 1.59. The Morgan fingerprint density at radius 3 is 2.46 bits per heavy atom. The molecule has 0 spiro atoms. The zero-order valence-electron chi connectivity index (χ0n) is 15.2. The summed E-state index contributed by atoms with van der Waals surface area (Å²) in [5, 5.41) is 14.6. The number of likely N-dealkylation sites (tertiary alicyclic amines) is 1. The first-order valence-electron chi connectivity index (χ1n) is 8.79. The normalized spacial score (nSPS) is 15.9. The Bertz CT molecular complexity index is 914. The van der Waals surface area contributed by atoms with Crippen LogP contribution < -0.4 is 10.6 Å². The number of carboxylic acids is 1. The van der Waals surface area contributed by atoms with Gasteiger partial charge >= 0.3 is 12.0 Å². The third-order valence-corrected chi connectivity index (χ3v) is 4.48. The molecule has 1 saturated heterocycles. The average molecular weight is 385 g/mol. The molecule has 3 N–H and O–H groups in total. The highest BCUT2D eigenvalue weighted by molar-refractivity contribution is 5.98. The number of halogens is 1. The number of nitrogens with one attached hydrogen (secondary N) is 2. The van der Waals surface area contributed by atoms with E-state index >= 15 is 0 Å². The lowest BCUT2D eigenvalue weighted by molar-refractivity contribution is 0.0696. The topological polar surface area (TPSA) is 98.7 Å². The summed E-state index contributed by atoms with van der Waals surface area (Å²) in [7, 11) is 0. The van der Waals surface area contributed by atoms with Gasteiger partial charge in [0.2, 0.25) is 0 Å². The molecule has 0 bridgehead atoms. The molecule has 1 fully saturated rings. The van der Waals surface area contributed by atoms with E-state index in [9.17, 15) is 18.8 Å². The average Bonchev–Trinajstić information content (AvgIpc) is 3.10. The van der Waals surface area contributed by atoms with Crippen LogP contribution in [0.25, 0.3) is 0 Å². The number of nitrogens with zero attached hydrogens (tertiary/aromatic N) is 1. The van der Waals surface area contributed by atoms with Crippen LogP contribution in [0.2, 0.25) is 0 Å². The van der Waals surface area contributed by atoms with Crippen molar-refractivity contribution in [2.24, 2.45) is 0 Å². The minimum atomic E-state index is -1.09. The smallest absolute Gasteiger partial charge is 0.335 e. The van der Waals surface area contributed by atoms with Gasteiger partial charge in [-0.15, -0.1) is 0 Å². The molecule has 146 valence electrons. The van der Waals surface area contributed by atoms with Crippen molar-refractivity contribution in [2.75, 3.05) is 18.4 Å². The molecule has 1 atom stereocenters. The summed E-state index contributed by atoms with van der Waals surface area (Å²) in [4.78, 5) is 37.6. The highest BCUT2D eigenvalue weighted by Crippen LogP contribution is 2.17. The van der Waals surface area contributed by atoms with E-state index in [1.165, 1.54) is 36.4 Å². The number of rotatable bonds is 4. The minimum absolute atomic E-state index is 0.0656. The van der Waals surface area contributed by atoms with E-state index in [1.54, 1.807) is 17.9 Å². The van der Waals surface area contributed by atoms with Crippen molar-refractivity contribution in [1.29, 1.82) is 0 Å². The standard InChI is InChI=1S/C20H20FN3O4/c1-12-8-13(10-14(9-12)19(26)27)18(25)24-7-6-17(11-24)23-20(28)22-16-4-2-15(21)3-5-16/h2-5,8-10,17H,6-7,11H2,1H3,(H,26,27)(H2,22,23,28). The SMILES string of the molecule is Cc1cc(C(=O)O)cc(C(=O)N2CCC(NC(=O)Nc3ccc(F)cc3)C2)c1. The molecule has 3 rings (SSSR count). The van der Waals surface area contributed by atoms with Crippen LogP contribution in [0.1, 0.15) is 32.7 Å². The quantitative estimate of drug-likeness (QED) is 0.754. The van der Waals surface area contributed by atoms with E-state index in [4.69, 9.17) is 5.11 Å². The van der Waals surface area contributed by atoms with Crippen LogP contribution in [-0.2, 0) is 0 Å². The van der Waals surface area contributed by atoms with Crippen molar-refractivity contribution in [2.45, 2.75) is 19.4 Å². The van der Waals surface area contributed by atoms with Gasteiger partial charge in [0, 0.05) is 30.4 Å². The fourth-order valence-electron chi connectivity index (χ4n) is 3.16. The van der Waals surface area contributed by atoms with Crippen LogP contribution in [0.5, 0.6) is 0 Å². The molecule has 1 aliphatic rings. The van der Waals surface area contributed by atoms with Crippen molar-refractivity contribution in [3.8, 4) is 0 Å². The van der Waals surface area contributed by atoms with Gasteiger partial charge in [-0.2, -0.15) is 0 Å². The first kappa shape index (κ1) is 19.3. The predicted octanol–water partition coefficient (Wildman–Crippen LogP) is 2.87. The third-order valence-electron chi connectivity index (χ3n) is 4.48. The van der Waals surface area contributed by atoms with E-state index in [2.05, 4.69) is 10.6 Å². The number of amides is 3. The molecule has 2 aromatic carbocycles. The van der Waals surface area contributed by atoms with Crippen LogP contribution in [0, 0.1) is 12.7 Å². The molecule has 1 aliphatic heterocycles. The summed E-state index contributed by atoms with van der Waals surface area (Å²) >= 11 is 0. The Labute approximate surface area is 161 Å². The highest BCUT2D eigenvalue weighted by atomic mass is 19.1. The van der Waals surface area contributed by atoms with Crippen molar-refractivity contribution in [3.63, 3.8) is 0 Å². The molecule has 2 aromatic rings. The van der Waals surface area contributed by atoms with Gasteiger partial charge in [0.1, 0.15) is 5.82 Å². The molecule has 0 aromatic heterocycles. The van der Waals surface area contributed by atoms with Gasteiger partial charge in [-0.3, -0.25) is 4.79 Å². The van der Waals surface area contributed by atoms with Gasteiger partial charge in [0.25, 0.3) is 5.91 Å². The van der Waals surface area contributed by atoms with Crippen LogP contribution >= 0.6 is 0 Å². The molecule has 1 unspecified atom stereocenters. The summed E-state index contributed by atoms with van der Waals surface area (Å²) in [5.74, 6) is -1.75. The molecule has 0 aliphatic carbocycles. The molecule has 0 saturated carbocycles. The lowest BCUT2D eigenvalue weighted by Gasteiger charge is -2.18. The maximum Gasteiger partial charge on any atom is 0.335 e. The fraction of sp³-hybridized carbons (Fsp3) is 0.250. The molecule has 1 heterocycles. The summed E-state index contributed by atoms with van der Waals surface area (Å²) < 4.78 is 12.9. The number of hydrogen-bond acceptors (Lipinski definition) is 3. The molecule has 3 amide bonds. The maximum absolute atomic E-state index is 12.9. The monoisotopic (exact) mass is 385 g/mol. The van der Waals surface area contributed by atoms with Gasteiger partial charge in [0.05, 0.1) is 5.56 Å². The fourth-order valence-corrected chi connectivity index (χ4v) is 3.16. The van der Waals surface area contributed by atoms with Gasteiger partial charge in [-0.1, -0.05) is 0 Å². The van der Waals surface area contributed by atoms with Gasteiger partial charge in [-0.05, 0) is 61.4 Å². The molecule has 7 nitrogen and oxygen atoms in total. The number of carbonyl (C=O) groups is 3. The largest absolute Gasteiger partial charge is 0.478 e. The van der Waals surface area contributed by atoms with Crippen LogP contribution in [0.3, 0.4) is 0 Å². The van der Waals surface area contributed by atoms with Crippen molar-refractivity contribution in [1.82, 2.24) is 10.2 Å². The third kappa shape index (κ3) is 4.64. The number of aromatic carboxylic acids is 1. The summed E-state index contributed by atoms with van der Waals surface area (Å²) in [6.45, 7) is 2.51. The van der Waals surface area contributed by atoms with E-state index in [-0.39, 0.29) is 17.5 Å². The molecule has 8 heteroatoms. The van der Waals surface area contributed by atoms with Gasteiger partial charge in [-0.25, -0.2) is 14.0 Å². The lowest BCUT2D eigenvalue weighted by Crippen LogP contribution is -2.40. The Hall–Kier alpha value is -3.42. The Morgan fingerprint density at radius 2 is 1.79 bits per heavy atom.